The largest absolute Gasteiger partial charge is 0.495 e. The van der Waals surface area contributed by atoms with E-state index in [0.717, 1.165) is 36.1 Å². The van der Waals surface area contributed by atoms with Crippen molar-refractivity contribution in [2.45, 2.75) is 49.6 Å². The van der Waals surface area contributed by atoms with E-state index >= 15 is 0 Å². The third-order valence-corrected chi connectivity index (χ3v) is 6.56. The van der Waals surface area contributed by atoms with Crippen molar-refractivity contribution in [2.24, 2.45) is 0 Å². The molecule has 0 aliphatic heterocycles. The van der Waals surface area contributed by atoms with Gasteiger partial charge in [-0.2, -0.15) is 0 Å². The summed E-state index contributed by atoms with van der Waals surface area (Å²) in [6.07, 6.45) is 5.76. The molecule has 1 amide bonds. The highest BCUT2D eigenvalue weighted by Gasteiger charge is 2.23. The number of benzene rings is 1. The molecule has 0 aromatic heterocycles. The van der Waals surface area contributed by atoms with Gasteiger partial charge in [-0.3, -0.25) is 4.79 Å². The molecule has 29 heavy (non-hydrogen) atoms. The summed E-state index contributed by atoms with van der Waals surface area (Å²) in [7, 11) is 0.513. The Morgan fingerprint density at radius 3 is 2.48 bits per heavy atom. The van der Waals surface area contributed by atoms with Crippen LogP contribution in [0.3, 0.4) is 0 Å². The number of amides is 1. The van der Waals surface area contributed by atoms with E-state index in [1.807, 2.05) is 0 Å². The van der Waals surface area contributed by atoms with Crippen molar-refractivity contribution < 1.29 is 27.5 Å². The predicted octanol–water partition coefficient (Wildman–Crippen LogP) is 1.95. The molecule has 1 aromatic carbocycles. The topological polar surface area (TPSA) is 102 Å². The molecule has 0 radical (unpaired) electrons. The SMILES string of the molecule is COc1ccc(/C=C/C(=O)O[C@H](C)C(=O)NC2CCCC2)cc1S(=O)(=O)N(C)C. The number of ether oxygens (including phenoxy) is 2. The first-order valence-corrected chi connectivity index (χ1v) is 10.9. The number of nitrogens with one attached hydrogen (secondary N) is 1. The summed E-state index contributed by atoms with van der Waals surface area (Å²) in [5, 5.41) is 2.88. The van der Waals surface area contributed by atoms with Gasteiger partial charge in [-0.1, -0.05) is 18.9 Å². The molecule has 0 unspecified atom stereocenters. The smallest absolute Gasteiger partial charge is 0.331 e. The van der Waals surface area contributed by atoms with Gasteiger partial charge in [-0.05, 0) is 43.5 Å². The van der Waals surface area contributed by atoms with Gasteiger partial charge in [0.05, 0.1) is 7.11 Å². The molecule has 1 aliphatic rings. The second-order valence-electron chi connectivity index (χ2n) is 7.10. The van der Waals surface area contributed by atoms with Gasteiger partial charge in [-0.15, -0.1) is 0 Å². The Balaban J connectivity index is 2.04. The lowest BCUT2D eigenvalue weighted by Gasteiger charge is -2.16. The molecule has 0 spiro atoms. The third kappa shape index (κ3) is 6.04. The normalized spacial score (nSPS) is 16.2. The number of carbonyl (C=O) groups excluding carboxylic acids is 2. The molecule has 2 rings (SSSR count). The van der Waals surface area contributed by atoms with Crippen LogP contribution in [-0.2, 0) is 24.3 Å². The summed E-state index contributed by atoms with van der Waals surface area (Å²) >= 11 is 0. The average molecular weight is 425 g/mol. The summed E-state index contributed by atoms with van der Waals surface area (Å²) < 4.78 is 36.2. The fourth-order valence-corrected chi connectivity index (χ4v) is 4.10. The summed E-state index contributed by atoms with van der Waals surface area (Å²) in [5.74, 6) is -0.801. The molecule has 9 heteroatoms. The van der Waals surface area contributed by atoms with Crippen LogP contribution in [0.15, 0.2) is 29.2 Å². The van der Waals surface area contributed by atoms with Crippen molar-refractivity contribution in [2.75, 3.05) is 21.2 Å². The minimum absolute atomic E-state index is 0.00942. The number of esters is 1. The van der Waals surface area contributed by atoms with Crippen molar-refractivity contribution in [1.82, 2.24) is 9.62 Å². The molecule has 0 heterocycles. The van der Waals surface area contributed by atoms with Gasteiger partial charge in [-0.25, -0.2) is 17.5 Å². The number of hydrogen-bond donors (Lipinski definition) is 1. The number of sulfonamides is 1. The zero-order chi connectivity index (χ0) is 21.6. The van der Waals surface area contributed by atoms with Crippen LogP contribution in [0.1, 0.15) is 38.2 Å². The first kappa shape index (κ1) is 22.9. The summed E-state index contributed by atoms with van der Waals surface area (Å²) in [6, 6.07) is 4.69. The van der Waals surface area contributed by atoms with E-state index in [0.29, 0.717) is 5.56 Å². The Bertz CT molecular complexity index is 873. The Hall–Kier alpha value is -2.39. The third-order valence-electron chi connectivity index (χ3n) is 4.72. The van der Waals surface area contributed by atoms with Crippen LogP contribution in [0.4, 0.5) is 0 Å². The van der Waals surface area contributed by atoms with Gasteiger partial charge in [0.15, 0.2) is 6.10 Å². The average Bonchev–Trinajstić information content (AvgIpc) is 3.18. The zero-order valence-electron chi connectivity index (χ0n) is 17.2. The highest BCUT2D eigenvalue weighted by atomic mass is 32.2. The van der Waals surface area contributed by atoms with Crippen molar-refractivity contribution >= 4 is 28.0 Å². The number of nitrogens with zero attached hydrogens (tertiary/aromatic N) is 1. The van der Waals surface area contributed by atoms with Gasteiger partial charge >= 0.3 is 5.97 Å². The van der Waals surface area contributed by atoms with E-state index in [1.54, 1.807) is 6.07 Å². The van der Waals surface area contributed by atoms with Crippen LogP contribution in [-0.4, -0.2) is 58.0 Å². The van der Waals surface area contributed by atoms with E-state index in [-0.39, 0.29) is 22.6 Å². The maximum absolute atomic E-state index is 12.5. The Kier molecular flexibility index (Phi) is 7.80. The molecule has 0 bridgehead atoms. The number of methoxy groups -OCH3 is 1. The molecule has 1 atom stereocenters. The lowest BCUT2D eigenvalue weighted by atomic mass is 10.2. The van der Waals surface area contributed by atoms with Crippen LogP contribution < -0.4 is 10.1 Å². The molecule has 160 valence electrons. The van der Waals surface area contributed by atoms with E-state index < -0.39 is 22.1 Å². The van der Waals surface area contributed by atoms with Gasteiger partial charge < -0.3 is 14.8 Å². The summed E-state index contributed by atoms with van der Waals surface area (Å²) in [5.41, 5.74) is 0.478. The molecular formula is C20H28N2O6S. The minimum Gasteiger partial charge on any atom is -0.495 e. The zero-order valence-corrected chi connectivity index (χ0v) is 18.0. The van der Waals surface area contributed by atoms with Crippen LogP contribution >= 0.6 is 0 Å². The fraction of sp³-hybridized carbons (Fsp3) is 0.500. The molecule has 0 saturated heterocycles. The second kappa shape index (κ2) is 9.89. The molecule has 1 aromatic rings. The molecule has 1 N–H and O–H groups in total. The van der Waals surface area contributed by atoms with Gasteiger partial charge in [0.2, 0.25) is 10.0 Å². The van der Waals surface area contributed by atoms with Gasteiger partial charge in [0.1, 0.15) is 10.6 Å². The maximum atomic E-state index is 12.5. The molecule has 1 saturated carbocycles. The minimum atomic E-state index is -3.72. The lowest BCUT2D eigenvalue weighted by Crippen LogP contribution is -2.40. The Morgan fingerprint density at radius 2 is 1.90 bits per heavy atom. The predicted molar refractivity (Wildman–Crippen MR) is 109 cm³/mol. The lowest BCUT2D eigenvalue weighted by molar-refractivity contribution is -0.150. The molecule has 1 aliphatic carbocycles. The van der Waals surface area contributed by atoms with E-state index in [2.05, 4.69) is 5.32 Å². The quantitative estimate of drug-likeness (QED) is 0.506. The fourth-order valence-electron chi connectivity index (χ4n) is 3.02. The highest BCUT2D eigenvalue weighted by molar-refractivity contribution is 7.89. The molecular weight excluding hydrogens is 396 g/mol. The molecule has 1 fully saturated rings. The summed E-state index contributed by atoms with van der Waals surface area (Å²) in [6.45, 7) is 1.52. The Morgan fingerprint density at radius 1 is 1.24 bits per heavy atom. The van der Waals surface area contributed by atoms with Crippen molar-refractivity contribution in [1.29, 1.82) is 0 Å². The van der Waals surface area contributed by atoms with Crippen LogP contribution in [0.25, 0.3) is 6.08 Å². The van der Waals surface area contributed by atoms with Gasteiger partial charge in [0, 0.05) is 26.2 Å². The van der Waals surface area contributed by atoms with Crippen molar-refractivity contribution in [3.8, 4) is 5.75 Å². The number of hydrogen-bond acceptors (Lipinski definition) is 6. The maximum Gasteiger partial charge on any atom is 0.331 e. The van der Waals surface area contributed by atoms with Crippen LogP contribution in [0.2, 0.25) is 0 Å². The van der Waals surface area contributed by atoms with E-state index in [4.69, 9.17) is 9.47 Å². The highest BCUT2D eigenvalue weighted by Crippen LogP contribution is 2.27. The van der Waals surface area contributed by atoms with Crippen molar-refractivity contribution in [3.05, 3.63) is 29.8 Å². The van der Waals surface area contributed by atoms with E-state index in [9.17, 15) is 18.0 Å². The second-order valence-corrected chi connectivity index (χ2v) is 9.22. The standard InChI is InChI=1S/C20H28N2O6S/c1-14(20(24)21-16-7-5-6-8-16)28-19(23)12-10-15-9-11-17(27-4)18(13-15)29(25,26)22(2)3/h9-14,16H,5-8H2,1-4H3,(H,21,24)/b12-10+/t14-/m1/s1. The summed E-state index contributed by atoms with van der Waals surface area (Å²) in [4.78, 5) is 24.1. The van der Waals surface area contributed by atoms with Crippen molar-refractivity contribution in [3.63, 3.8) is 0 Å². The van der Waals surface area contributed by atoms with Gasteiger partial charge in [0.25, 0.3) is 5.91 Å². The molecule has 8 nitrogen and oxygen atoms in total. The first-order chi connectivity index (χ1) is 13.6. The monoisotopic (exact) mass is 424 g/mol. The van der Waals surface area contributed by atoms with Crippen LogP contribution in [0, 0.1) is 0 Å². The number of carbonyl (C=O) groups is 2. The Labute approximate surface area is 171 Å². The number of rotatable bonds is 8. The van der Waals surface area contributed by atoms with E-state index in [1.165, 1.54) is 46.3 Å². The first-order valence-electron chi connectivity index (χ1n) is 9.44. The van der Waals surface area contributed by atoms with Crippen LogP contribution in [0.5, 0.6) is 5.75 Å².